The second-order valence-electron chi connectivity index (χ2n) is 10.5. The molecule has 1 atom stereocenters. The molecule has 0 radical (unpaired) electrons. The molecule has 1 aromatic rings. The van der Waals surface area contributed by atoms with Crippen molar-refractivity contribution in [3.63, 3.8) is 0 Å². The molecule has 1 amide bonds. The van der Waals surface area contributed by atoms with Gasteiger partial charge in [0.25, 0.3) is 11.7 Å². The zero-order valence-corrected chi connectivity index (χ0v) is 21.2. The number of nitrogens with two attached hydrogens (primary N) is 1. The van der Waals surface area contributed by atoms with Crippen LogP contribution in [0, 0.1) is 12.8 Å². The molecule has 2 aliphatic carbocycles. The van der Waals surface area contributed by atoms with Crippen LogP contribution >= 0.6 is 11.6 Å². The monoisotopic (exact) mass is 484 g/mol. The van der Waals surface area contributed by atoms with Gasteiger partial charge >= 0.3 is 0 Å². The lowest BCUT2D eigenvalue weighted by Crippen LogP contribution is -2.46. The molecule has 0 bridgehead atoms. The van der Waals surface area contributed by atoms with Gasteiger partial charge in [0.15, 0.2) is 17.3 Å². The van der Waals surface area contributed by atoms with Crippen LogP contribution in [0.2, 0.25) is 5.02 Å². The number of nitrogens with zero attached hydrogens (tertiary/aromatic N) is 1. The molecule has 1 saturated carbocycles. The maximum absolute atomic E-state index is 13.6. The lowest BCUT2D eigenvalue weighted by atomic mass is 9.81. The molecule has 5 rings (SSSR count). The number of benzene rings is 1. The maximum Gasteiger partial charge on any atom is 0.254 e. The van der Waals surface area contributed by atoms with Gasteiger partial charge in [0.2, 0.25) is 0 Å². The van der Waals surface area contributed by atoms with E-state index in [4.69, 9.17) is 26.8 Å². The first-order chi connectivity index (χ1) is 16.1. The van der Waals surface area contributed by atoms with Crippen LogP contribution in [0.1, 0.15) is 74.4 Å². The summed E-state index contributed by atoms with van der Waals surface area (Å²) in [4.78, 5) is 28.1. The highest BCUT2D eigenvalue weighted by Crippen LogP contribution is 2.53. The fraction of sp³-hybridized carbons (Fsp3) is 0.556. The number of ether oxygens (including phenoxy) is 2. The number of fused-ring (bicyclic) bond motifs is 2. The number of Topliss-reactive ketones (excluding diaryl/α,β-unsaturated/α-hetero) is 1. The Morgan fingerprint density at radius 3 is 2.47 bits per heavy atom. The lowest BCUT2D eigenvalue weighted by Gasteiger charge is -2.36. The third kappa shape index (κ3) is 3.75. The highest BCUT2D eigenvalue weighted by atomic mass is 35.5. The van der Waals surface area contributed by atoms with E-state index >= 15 is 0 Å². The van der Waals surface area contributed by atoms with Gasteiger partial charge in [-0.2, -0.15) is 0 Å². The summed E-state index contributed by atoms with van der Waals surface area (Å²) in [5, 5.41) is 0.475. The van der Waals surface area contributed by atoms with Gasteiger partial charge in [-0.25, -0.2) is 0 Å². The van der Waals surface area contributed by atoms with E-state index in [9.17, 15) is 9.59 Å². The molecule has 1 unspecified atom stereocenters. The Kier molecular flexibility index (Phi) is 5.80. The highest BCUT2D eigenvalue weighted by molar-refractivity contribution is 6.34. The van der Waals surface area contributed by atoms with Gasteiger partial charge in [-0.1, -0.05) is 23.3 Å². The molecule has 6 nitrogen and oxygen atoms in total. The van der Waals surface area contributed by atoms with E-state index < -0.39 is 5.79 Å². The Balaban J connectivity index is 1.45. The fourth-order valence-electron chi connectivity index (χ4n) is 5.98. The number of hydrogen-bond donors (Lipinski definition) is 1. The van der Waals surface area contributed by atoms with Crippen molar-refractivity contribution in [3.05, 3.63) is 44.5 Å². The minimum absolute atomic E-state index is 0.0968. The van der Waals surface area contributed by atoms with E-state index in [0.29, 0.717) is 48.0 Å². The van der Waals surface area contributed by atoms with Crippen LogP contribution in [0.4, 0.5) is 0 Å². The summed E-state index contributed by atoms with van der Waals surface area (Å²) < 4.78 is 12.8. The number of halogens is 1. The predicted molar refractivity (Wildman–Crippen MR) is 131 cm³/mol. The van der Waals surface area contributed by atoms with Gasteiger partial charge < -0.3 is 20.1 Å². The smallest absolute Gasteiger partial charge is 0.254 e. The van der Waals surface area contributed by atoms with Crippen molar-refractivity contribution < 1.29 is 19.1 Å². The standard InChI is InChI=1S/C27H33ClN2O4/c1-14-11-15(2)20(21(31)12-14)13-30-10-9-19-22(26(30)32)16(3)24-25(23(19)28)34-27(4,33-24)17-5-7-18(29)8-6-17/h11,17-18H,5-10,12-13,29H2,1-4H3. The number of amides is 1. The first-order valence-electron chi connectivity index (χ1n) is 12.3. The normalized spacial score (nSPS) is 28.9. The molecule has 0 aromatic heterocycles. The Hall–Kier alpha value is -2.31. The molecular formula is C27H33ClN2O4. The molecule has 182 valence electrons. The summed E-state index contributed by atoms with van der Waals surface area (Å²) in [5.41, 5.74) is 11.0. The molecule has 2 aliphatic heterocycles. The molecule has 2 heterocycles. The average molecular weight is 485 g/mol. The quantitative estimate of drug-likeness (QED) is 0.660. The second-order valence-corrected chi connectivity index (χ2v) is 10.9. The van der Waals surface area contributed by atoms with Crippen LogP contribution in [-0.4, -0.2) is 41.5 Å². The number of rotatable bonds is 3. The summed E-state index contributed by atoms with van der Waals surface area (Å²) in [6.07, 6.45) is 6.83. The molecule has 0 spiro atoms. The second kappa shape index (κ2) is 8.42. The lowest BCUT2D eigenvalue weighted by molar-refractivity contribution is -0.120. The molecule has 1 aromatic carbocycles. The summed E-state index contributed by atoms with van der Waals surface area (Å²) in [6, 6.07) is 0.235. The van der Waals surface area contributed by atoms with E-state index in [1.54, 1.807) is 4.90 Å². The van der Waals surface area contributed by atoms with Crippen molar-refractivity contribution in [2.45, 2.75) is 78.0 Å². The Bertz CT molecular complexity index is 1150. The molecule has 1 fully saturated rings. The van der Waals surface area contributed by atoms with E-state index in [2.05, 4.69) is 0 Å². The van der Waals surface area contributed by atoms with E-state index in [-0.39, 0.29) is 23.7 Å². The van der Waals surface area contributed by atoms with Crippen LogP contribution in [0.3, 0.4) is 0 Å². The number of ketones is 1. The highest BCUT2D eigenvalue weighted by Gasteiger charge is 2.48. The third-order valence-corrected chi connectivity index (χ3v) is 8.41. The van der Waals surface area contributed by atoms with Crippen LogP contribution in [0.15, 0.2) is 22.8 Å². The number of carbonyl (C=O) groups is 2. The van der Waals surface area contributed by atoms with Crippen LogP contribution in [-0.2, 0) is 11.2 Å². The fourth-order valence-corrected chi connectivity index (χ4v) is 6.29. The van der Waals surface area contributed by atoms with Crippen molar-refractivity contribution in [1.29, 1.82) is 0 Å². The van der Waals surface area contributed by atoms with Gasteiger partial charge in [0, 0.05) is 49.5 Å². The minimum atomic E-state index is -0.815. The predicted octanol–water partition coefficient (Wildman–Crippen LogP) is 4.89. The number of carbonyl (C=O) groups excluding carboxylic acids is 2. The summed E-state index contributed by atoms with van der Waals surface area (Å²) in [5.74, 6) is 0.507. The van der Waals surface area contributed by atoms with Crippen molar-refractivity contribution in [2.75, 3.05) is 13.1 Å². The molecule has 4 aliphatic rings. The molecule has 34 heavy (non-hydrogen) atoms. The van der Waals surface area contributed by atoms with Crippen LogP contribution in [0.5, 0.6) is 11.5 Å². The zero-order valence-electron chi connectivity index (χ0n) is 20.4. The van der Waals surface area contributed by atoms with Crippen molar-refractivity contribution >= 4 is 23.3 Å². The van der Waals surface area contributed by atoms with Crippen molar-refractivity contribution in [1.82, 2.24) is 4.90 Å². The maximum atomic E-state index is 13.6. The Labute approximate surface area is 206 Å². The number of allylic oxidation sites excluding steroid dienone is 3. The Morgan fingerprint density at radius 1 is 1.12 bits per heavy atom. The van der Waals surface area contributed by atoms with Crippen molar-refractivity contribution in [3.8, 4) is 11.5 Å². The topological polar surface area (TPSA) is 81.9 Å². The van der Waals surface area contributed by atoms with Gasteiger partial charge in [-0.3, -0.25) is 9.59 Å². The van der Waals surface area contributed by atoms with E-state index in [1.165, 1.54) is 0 Å². The average Bonchev–Trinajstić information content (AvgIpc) is 3.15. The zero-order chi connectivity index (χ0) is 24.4. The van der Waals surface area contributed by atoms with E-state index in [0.717, 1.165) is 53.5 Å². The third-order valence-electron chi connectivity index (χ3n) is 8.01. The van der Waals surface area contributed by atoms with Crippen molar-refractivity contribution in [2.24, 2.45) is 11.7 Å². The minimum Gasteiger partial charge on any atom is -0.448 e. The SMILES string of the molecule is CC1=CC(C)=C(CN2CCc3c(Cl)c4c(c(C)c3C2=O)OC(C)(C2CCC(N)CC2)O4)C(=O)C1. The van der Waals surface area contributed by atoms with Gasteiger partial charge in [-0.05, 0) is 64.0 Å². The first kappa shape index (κ1) is 23.4. The Morgan fingerprint density at radius 2 is 1.79 bits per heavy atom. The molecule has 2 N–H and O–H groups in total. The molecular weight excluding hydrogens is 452 g/mol. The largest absolute Gasteiger partial charge is 0.448 e. The van der Waals surface area contributed by atoms with Gasteiger partial charge in [0.1, 0.15) is 0 Å². The first-order valence-corrected chi connectivity index (χ1v) is 12.6. The molecule has 7 heteroatoms. The summed E-state index contributed by atoms with van der Waals surface area (Å²) in [7, 11) is 0. The van der Waals surface area contributed by atoms with Gasteiger partial charge in [0.05, 0.1) is 10.6 Å². The van der Waals surface area contributed by atoms with E-state index in [1.807, 2.05) is 33.8 Å². The van der Waals surface area contributed by atoms with Gasteiger partial charge in [-0.15, -0.1) is 0 Å². The summed E-state index contributed by atoms with van der Waals surface area (Å²) >= 11 is 6.83. The van der Waals surface area contributed by atoms with Crippen LogP contribution < -0.4 is 15.2 Å². The van der Waals surface area contributed by atoms with Crippen LogP contribution in [0.25, 0.3) is 0 Å². The molecule has 0 saturated heterocycles. The summed E-state index contributed by atoms with van der Waals surface area (Å²) in [6.45, 7) is 8.61. The number of hydrogen-bond acceptors (Lipinski definition) is 5.